The minimum atomic E-state index is -0.543. The van der Waals surface area contributed by atoms with E-state index in [1.807, 2.05) is 4.90 Å². The Morgan fingerprint density at radius 1 is 0.968 bits per heavy atom. The third kappa shape index (κ3) is 2.81. The lowest BCUT2D eigenvalue weighted by atomic mass is 9.67. The number of carbonyl (C=O) groups excluding carboxylic acids is 2. The molecule has 6 aliphatic rings. The van der Waals surface area contributed by atoms with Crippen LogP contribution in [0.25, 0.3) is 0 Å². The van der Waals surface area contributed by atoms with Crippen molar-refractivity contribution in [1.82, 2.24) is 9.80 Å². The maximum absolute atomic E-state index is 14.1. The summed E-state index contributed by atoms with van der Waals surface area (Å²) in [5.41, 5.74) is 0.669. The van der Waals surface area contributed by atoms with E-state index >= 15 is 0 Å². The first-order chi connectivity index (χ1) is 15.2. The number of aryl methyl sites for hydroxylation is 1. The van der Waals surface area contributed by atoms with E-state index in [1.165, 1.54) is 5.56 Å². The molecule has 7 rings (SSSR count). The maximum Gasteiger partial charge on any atom is 0.232 e. The van der Waals surface area contributed by atoms with E-state index < -0.39 is 5.41 Å². The van der Waals surface area contributed by atoms with Gasteiger partial charge in [-0.05, 0) is 57.4 Å². The summed E-state index contributed by atoms with van der Waals surface area (Å²) in [5, 5.41) is 0. The van der Waals surface area contributed by atoms with Gasteiger partial charge < -0.3 is 14.2 Å². The molecule has 1 aliphatic carbocycles. The van der Waals surface area contributed by atoms with Crippen molar-refractivity contribution in [3.63, 3.8) is 0 Å². The van der Waals surface area contributed by atoms with E-state index in [4.69, 9.17) is 4.42 Å². The first-order valence-corrected chi connectivity index (χ1v) is 12.2. The zero-order chi connectivity index (χ0) is 21.0. The van der Waals surface area contributed by atoms with Gasteiger partial charge in [-0.25, -0.2) is 0 Å². The molecule has 0 aromatic carbocycles. The van der Waals surface area contributed by atoms with Gasteiger partial charge in [0.15, 0.2) is 0 Å². The molecule has 2 fully saturated rings. The average molecular weight is 421 g/mol. The number of furan rings is 1. The van der Waals surface area contributed by atoms with Gasteiger partial charge in [0.25, 0.3) is 0 Å². The fourth-order valence-electron chi connectivity index (χ4n) is 6.98. The fourth-order valence-corrected chi connectivity index (χ4v) is 6.98. The molecule has 1 spiro atoms. The summed E-state index contributed by atoms with van der Waals surface area (Å²) in [5.74, 6) is 2.54. The number of allylic oxidation sites excluding steroid dienone is 3. The molecule has 4 atom stereocenters. The number of fused-ring (bicyclic) bond motifs is 8. The topological polar surface area (TPSA) is 53.8 Å². The Morgan fingerprint density at radius 2 is 1.84 bits per heavy atom. The van der Waals surface area contributed by atoms with Crippen LogP contribution in [0, 0.1) is 5.41 Å². The number of hydrogen-bond donors (Lipinski definition) is 0. The smallest absolute Gasteiger partial charge is 0.232 e. The van der Waals surface area contributed by atoms with E-state index in [1.54, 1.807) is 0 Å². The summed E-state index contributed by atoms with van der Waals surface area (Å²) in [6, 6.07) is 1.99. The number of rotatable bonds is 0. The molecule has 6 heterocycles. The van der Waals surface area contributed by atoms with Crippen LogP contribution in [0.15, 0.2) is 34.8 Å². The van der Waals surface area contributed by atoms with Gasteiger partial charge >= 0.3 is 0 Å². The molecule has 0 N–H and O–H groups in total. The van der Waals surface area contributed by atoms with Gasteiger partial charge in [-0.1, -0.05) is 24.3 Å². The van der Waals surface area contributed by atoms with Crippen LogP contribution in [-0.2, 0) is 16.0 Å². The molecule has 2 amide bonds. The second kappa shape index (κ2) is 7.39. The largest absolute Gasteiger partial charge is 0.464 e. The number of nitrogens with zero attached hydrogens (tertiary/aromatic N) is 2. The Balaban J connectivity index is 1.49. The van der Waals surface area contributed by atoms with E-state index in [0.717, 1.165) is 82.4 Å². The van der Waals surface area contributed by atoms with Crippen molar-refractivity contribution >= 4 is 11.8 Å². The van der Waals surface area contributed by atoms with Gasteiger partial charge in [-0.3, -0.25) is 9.59 Å². The number of piperidine rings is 1. The van der Waals surface area contributed by atoms with Crippen molar-refractivity contribution in [2.45, 2.75) is 82.2 Å². The van der Waals surface area contributed by atoms with Crippen LogP contribution in [0.2, 0.25) is 0 Å². The summed E-state index contributed by atoms with van der Waals surface area (Å²) < 4.78 is 6.49. The van der Waals surface area contributed by atoms with Crippen LogP contribution >= 0.6 is 0 Å². The van der Waals surface area contributed by atoms with Crippen LogP contribution < -0.4 is 0 Å². The van der Waals surface area contributed by atoms with Gasteiger partial charge in [0.2, 0.25) is 11.8 Å². The Hall–Kier alpha value is -2.30. The standard InChI is InChI=1S/C26H32N2O3/c29-22-12-8-5-6-10-18-17-26-21-13-15-27(25(26)30)14-9-4-2-1-3-7-11-19-16-20(21)23(31-19)24(26)28(18)22/h1,3,6,10,16,18,21,24H,2,4-5,7-9,11-15,17H2. The highest BCUT2D eigenvalue weighted by atomic mass is 16.3. The van der Waals surface area contributed by atoms with Crippen LogP contribution in [-0.4, -0.2) is 40.7 Å². The van der Waals surface area contributed by atoms with Gasteiger partial charge in [0.1, 0.15) is 17.6 Å². The van der Waals surface area contributed by atoms with Crippen molar-refractivity contribution in [1.29, 1.82) is 0 Å². The fraction of sp³-hybridized carbons (Fsp3) is 0.615. The molecule has 6 bridgehead atoms. The first kappa shape index (κ1) is 19.4. The number of hydrogen-bond acceptors (Lipinski definition) is 3. The van der Waals surface area contributed by atoms with Crippen molar-refractivity contribution in [2.75, 3.05) is 13.1 Å². The molecule has 2 saturated heterocycles. The summed E-state index contributed by atoms with van der Waals surface area (Å²) in [4.78, 5) is 31.6. The second-order valence-electron chi connectivity index (χ2n) is 10.0. The van der Waals surface area contributed by atoms with E-state index in [-0.39, 0.29) is 29.8 Å². The molecule has 5 nitrogen and oxygen atoms in total. The lowest BCUT2D eigenvalue weighted by Crippen LogP contribution is -2.53. The van der Waals surface area contributed by atoms with Gasteiger partial charge in [0, 0.05) is 37.4 Å². The minimum absolute atomic E-state index is 0.00715. The van der Waals surface area contributed by atoms with Crippen LogP contribution in [0.4, 0.5) is 0 Å². The third-order valence-corrected chi connectivity index (χ3v) is 8.31. The lowest BCUT2D eigenvalue weighted by molar-refractivity contribution is -0.151. The Labute approximate surface area is 184 Å². The summed E-state index contributed by atoms with van der Waals surface area (Å²) in [6.45, 7) is 1.65. The van der Waals surface area contributed by atoms with Crippen molar-refractivity contribution in [2.24, 2.45) is 5.41 Å². The highest BCUT2D eigenvalue weighted by Gasteiger charge is 2.69. The highest BCUT2D eigenvalue weighted by Crippen LogP contribution is 2.67. The van der Waals surface area contributed by atoms with E-state index in [2.05, 4.69) is 35.3 Å². The molecule has 1 aromatic rings. The van der Waals surface area contributed by atoms with Crippen LogP contribution in [0.3, 0.4) is 0 Å². The monoisotopic (exact) mass is 420 g/mol. The van der Waals surface area contributed by atoms with Crippen molar-refractivity contribution in [3.05, 3.63) is 47.5 Å². The summed E-state index contributed by atoms with van der Waals surface area (Å²) in [7, 11) is 0. The Bertz CT molecular complexity index is 960. The second-order valence-corrected chi connectivity index (χ2v) is 10.0. The maximum atomic E-state index is 14.1. The lowest BCUT2D eigenvalue weighted by Gasteiger charge is -2.44. The summed E-state index contributed by atoms with van der Waals surface area (Å²) in [6.07, 6.45) is 18.1. The zero-order valence-electron chi connectivity index (χ0n) is 18.2. The Kier molecular flexibility index (Phi) is 4.62. The molecular weight excluding hydrogens is 388 g/mol. The quantitative estimate of drug-likeness (QED) is 0.574. The van der Waals surface area contributed by atoms with Crippen LogP contribution in [0.5, 0.6) is 0 Å². The van der Waals surface area contributed by atoms with Crippen molar-refractivity contribution in [3.8, 4) is 0 Å². The molecule has 0 saturated carbocycles. The molecule has 4 unspecified atom stereocenters. The van der Waals surface area contributed by atoms with Crippen molar-refractivity contribution < 1.29 is 14.0 Å². The molecule has 31 heavy (non-hydrogen) atoms. The first-order valence-electron chi connectivity index (χ1n) is 12.2. The third-order valence-electron chi connectivity index (χ3n) is 8.31. The molecule has 0 radical (unpaired) electrons. The van der Waals surface area contributed by atoms with Gasteiger partial charge in [-0.15, -0.1) is 0 Å². The predicted octanol–water partition coefficient (Wildman–Crippen LogP) is 4.65. The minimum Gasteiger partial charge on any atom is -0.464 e. The average Bonchev–Trinajstić information content (AvgIpc) is 3.36. The molecule has 5 heteroatoms. The predicted molar refractivity (Wildman–Crippen MR) is 117 cm³/mol. The van der Waals surface area contributed by atoms with E-state index in [0.29, 0.717) is 6.42 Å². The van der Waals surface area contributed by atoms with Gasteiger partial charge in [0.05, 0.1) is 11.5 Å². The highest BCUT2D eigenvalue weighted by molar-refractivity contribution is 5.90. The van der Waals surface area contributed by atoms with Crippen LogP contribution in [0.1, 0.15) is 86.8 Å². The normalized spacial score (nSPS) is 35.0. The molecular formula is C26H32N2O3. The Morgan fingerprint density at radius 3 is 2.77 bits per heavy atom. The molecule has 164 valence electrons. The number of amides is 2. The number of carbonyl (C=O) groups is 2. The molecule has 1 aromatic heterocycles. The van der Waals surface area contributed by atoms with E-state index in [9.17, 15) is 9.59 Å². The van der Waals surface area contributed by atoms with Gasteiger partial charge in [-0.2, -0.15) is 0 Å². The SMILES string of the molecule is O=C1CCCC=CC2CC34C(=O)N5CCCCC=CCCc6cc(c(o6)C3N12)C4CC5. The summed E-state index contributed by atoms with van der Waals surface area (Å²) >= 11 is 0. The zero-order valence-corrected chi connectivity index (χ0v) is 18.2. The molecule has 5 aliphatic heterocycles.